The molecular weight excluding hydrogens is 387 g/mol. The van der Waals surface area contributed by atoms with Crippen LogP contribution in [0.25, 0.3) is 0 Å². The molecule has 0 fully saturated rings. The first-order chi connectivity index (χ1) is 14.1. The first-order valence-corrected chi connectivity index (χ1v) is 9.56. The summed E-state index contributed by atoms with van der Waals surface area (Å²) >= 11 is 5.68. The predicted molar refractivity (Wildman–Crippen MR) is 118 cm³/mol. The van der Waals surface area contributed by atoms with Gasteiger partial charge < -0.3 is 19.7 Å². The maximum absolute atomic E-state index is 13.3. The highest BCUT2D eigenvalue weighted by atomic mass is 32.1. The molecule has 0 unspecified atom stereocenters. The van der Waals surface area contributed by atoms with Crippen LogP contribution in [0.4, 0.5) is 10.1 Å². The van der Waals surface area contributed by atoms with Crippen LogP contribution in [0.2, 0.25) is 0 Å². The van der Waals surface area contributed by atoms with Crippen LogP contribution in [0.5, 0.6) is 11.5 Å². The lowest BCUT2D eigenvalue weighted by molar-refractivity contribution is 0.352. The lowest BCUT2D eigenvalue weighted by Gasteiger charge is -2.26. The number of hydrogen-bond acceptors (Lipinski definition) is 3. The van der Waals surface area contributed by atoms with Gasteiger partial charge in [-0.2, -0.15) is 0 Å². The van der Waals surface area contributed by atoms with Gasteiger partial charge in [-0.15, -0.1) is 0 Å². The second-order valence-corrected chi connectivity index (χ2v) is 6.85. The van der Waals surface area contributed by atoms with Crippen LogP contribution in [0.15, 0.2) is 72.8 Å². The number of nitrogens with one attached hydrogen (secondary N) is 1. The van der Waals surface area contributed by atoms with Gasteiger partial charge in [0.1, 0.15) is 5.82 Å². The van der Waals surface area contributed by atoms with E-state index in [2.05, 4.69) is 5.32 Å². The van der Waals surface area contributed by atoms with Crippen molar-refractivity contribution in [1.29, 1.82) is 0 Å². The average Bonchev–Trinajstić information content (AvgIpc) is 2.75. The Morgan fingerprint density at radius 1 is 0.862 bits per heavy atom. The molecule has 0 heterocycles. The van der Waals surface area contributed by atoms with Crippen molar-refractivity contribution in [3.8, 4) is 11.5 Å². The van der Waals surface area contributed by atoms with E-state index in [1.54, 1.807) is 26.4 Å². The maximum Gasteiger partial charge on any atom is 0.174 e. The van der Waals surface area contributed by atoms with Crippen molar-refractivity contribution in [2.75, 3.05) is 19.5 Å². The number of benzene rings is 3. The molecule has 0 saturated carbocycles. The Morgan fingerprint density at radius 3 is 2.14 bits per heavy atom. The van der Waals surface area contributed by atoms with E-state index in [4.69, 9.17) is 21.7 Å². The molecule has 0 spiro atoms. The fraction of sp³-hybridized carbons (Fsp3) is 0.174. The third kappa shape index (κ3) is 5.68. The van der Waals surface area contributed by atoms with Crippen LogP contribution >= 0.6 is 12.2 Å². The molecule has 0 saturated heterocycles. The molecule has 3 aromatic rings. The molecule has 0 bridgehead atoms. The molecular formula is C23H23FN2O2S. The molecule has 0 amide bonds. The van der Waals surface area contributed by atoms with Gasteiger partial charge in [-0.3, -0.25) is 0 Å². The van der Waals surface area contributed by atoms with E-state index in [1.807, 2.05) is 53.4 Å². The molecule has 4 nitrogen and oxygen atoms in total. The van der Waals surface area contributed by atoms with Crippen molar-refractivity contribution in [2.45, 2.75) is 13.1 Å². The van der Waals surface area contributed by atoms with Crippen molar-refractivity contribution in [3.05, 3.63) is 89.7 Å². The number of rotatable bonds is 7. The Morgan fingerprint density at radius 2 is 1.48 bits per heavy atom. The number of para-hydroxylation sites is 1. The molecule has 3 aromatic carbocycles. The van der Waals surface area contributed by atoms with E-state index < -0.39 is 0 Å². The SMILES string of the molecule is COc1ccc(CN(Cc2ccc(F)cc2)C(=S)Nc2ccccc2)cc1OC. The van der Waals surface area contributed by atoms with E-state index >= 15 is 0 Å². The summed E-state index contributed by atoms with van der Waals surface area (Å²) in [5, 5.41) is 3.85. The average molecular weight is 411 g/mol. The Balaban J connectivity index is 1.83. The minimum atomic E-state index is -0.259. The van der Waals surface area contributed by atoms with Crippen molar-refractivity contribution in [2.24, 2.45) is 0 Å². The Bertz CT molecular complexity index is 949. The first kappa shape index (κ1) is 20.6. The van der Waals surface area contributed by atoms with Gasteiger partial charge in [-0.25, -0.2) is 4.39 Å². The number of halogens is 1. The van der Waals surface area contributed by atoms with E-state index in [-0.39, 0.29) is 5.82 Å². The molecule has 0 aliphatic carbocycles. The summed E-state index contributed by atoms with van der Waals surface area (Å²) in [6, 6.07) is 22.0. The van der Waals surface area contributed by atoms with E-state index in [9.17, 15) is 4.39 Å². The number of nitrogens with zero attached hydrogens (tertiary/aromatic N) is 1. The molecule has 6 heteroatoms. The summed E-state index contributed by atoms with van der Waals surface area (Å²) in [6.45, 7) is 1.09. The highest BCUT2D eigenvalue weighted by molar-refractivity contribution is 7.80. The topological polar surface area (TPSA) is 33.7 Å². The zero-order chi connectivity index (χ0) is 20.6. The number of anilines is 1. The minimum Gasteiger partial charge on any atom is -0.493 e. The fourth-order valence-electron chi connectivity index (χ4n) is 2.93. The van der Waals surface area contributed by atoms with Crippen LogP contribution < -0.4 is 14.8 Å². The van der Waals surface area contributed by atoms with Gasteiger partial charge in [0.25, 0.3) is 0 Å². The highest BCUT2D eigenvalue weighted by Gasteiger charge is 2.14. The summed E-state index contributed by atoms with van der Waals surface area (Å²) in [5.41, 5.74) is 2.89. The molecule has 150 valence electrons. The molecule has 0 aliphatic heterocycles. The number of thiocarbonyl (C=S) groups is 1. The molecule has 0 aliphatic rings. The van der Waals surface area contributed by atoms with Gasteiger partial charge in [0.05, 0.1) is 14.2 Å². The lowest BCUT2D eigenvalue weighted by atomic mass is 10.1. The summed E-state index contributed by atoms with van der Waals surface area (Å²) in [4.78, 5) is 2.02. The van der Waals surface area contributed by atoms with Gasteiger partial charge in [0, 0.05) is 18.8 Å². The van der Waals surface area contributed by atoms with E-state index in [0.29, 0.717) is 29.7 Å². The van der Waals surface area contributed by atoms with Crippen molar-refractivity contribution in [1.82, 2.24) is 4.90 Å². The maximum atomic E-state index is 13.3. The quantitative estimate of drug-likeness (QED) is 0.539. The largest absolute Gasteiger partial charge is 0.493 e. The van der Waals surface area contributed by atoms with Crippen molar-refractivity contribution >= 4 is 23.0 Å². The Kier molecular flexibility index (Phi) is 7.03. The Hall–Kier alpha value is -3.12. The molecule has 0 radical (unpaired) electrons. The van der Waals surface area contributed by atoms with Crippen LogP contribution in [-0.4, -0.2) is 24.2 Å². The zero-order valence-electron chi connectivity index (χ0n) is 16.4. The van der Waals surface area contributed by atoms with Gasteiger partial charge in [0.2, 0.25) is 0 Å². The number of hydrogen-bond donors (Lipinski definition) is 1. The van der Waals surface area contributed by atoms with Gasteiger partial charge >= 0.3 is 0 Å². The second-order valence-electron chi connectivity index (χ2n) is 6.47. The summed E-state index contributed by atoms with van der Waals surface area (Å²) in [5.74, 6) is 1.07. The molecule has 0 aromatic heterocycles. The third-order valence-electron chi connectivity index (χ3n) is 4.42. The number of ether oxygens (including phenoxy) is 2. The van der Waals surface area contributed by atoms with E-state index in [1.165, 1.54) is 12.1 Å². The second kappa shape index (κ2) is 9.89. The van der Waals surface area contributed by atoms with Crippen LogP contribution in [0, 0.1) is 5.82 Å². The van der Waals surface area contributed by atoms with E-state index in [0.717, 1.165) is 16.8 Å². The lowest BCUT2D eigenvalue weighted by Crippen LogP contribution is -2.33. The minimum absolute atomic E-state index is 0.259. The van der Waals surface area contributed by atoms with Crippen LogP contribution in [-0.2, 0) is 13.1 Å². The van der Waals surface area contributed by atoms with Crippen LogP contribution in [0.3, 0.4) is 0 Å². The predicted octanol–water partition coefficient (Wildman–Crippen LogP) is 5.24. The normalized spacial score (nSPS) is 10.3. The van der Waals surface area contributed by atoms with Gasteiger partial charge in [-0.05, 0) is 59.7 Å². The summed E-state index contributed by atoms with van der Waals surface area (Å²) < 4.78 is 24.0. The standard InChI is InChI=1S/C23H23FN2O2S/c1-27-21-13-10-18(14-22(21)28-2)16-26(15-17-8-11-19(24)12-9-17)23(29)25-20-6-4-3-5-7-20/h3-14H,15-16H2,1-2H3,(H,25,29). The third-order valence-corrected chi connectivity index (χ3v) is 4.78. The molecule has 3 rings (SSSR count). The van der Waals surface area contributed by atoms with Crippen molar-refractivity contribution < 1.29 is 13.9 Å². The first-order valence-electron chi connectivity index (χ1n) is 9.15. The monoisotopic (exact) mass is 410 g/mol. The fourth-order valence-corrected chi connectivity index (χ4v) is 3.18. The van der Waals surface area contributed by atoms with Gasteiger partial charge in [-0.1, -0.05) is 36.4 Å². The summed E-state index contributed by atoms with van der Waals surface area (Å²) in [7, 11) is 3.22. The molecule has 29 heavy (non-hydrogen) atoms. The van der Waals surface area contributed by atoms with Crippen molar-refractivity contribution in [3.63, 3.8) is 0 Å². The number of methoxy groups -OCH3 is 2. The molecule has 1 N–H and O–H groups in total. The molecule has 0 atom stereocenters. The van der Waals surface area contributed by atoms with Gasteiger partial charge in [0.15, 0.2) is 16.6 Å². The summed E-state index contributed by atoms with van der Waals surface area (Å²) in [6.07, 6.45) is 0. The Labute approximate surface area is 175 Å². The smallest absolute Gasteiger partial charge is 0.174 e. The highest BCUT2D eigenvalue weighted by Crippen LogP contribution is 2.28. The zero-order valence-corrected chi connectivity index (χ0v) is 17.2. The van der Waals surface area contributed by atoms with Crippen LogP contribution in [0.1, 0.15) is 11.1 Å².